The highest BCUT2D eigenvalue weighted by molar-refractivity contribution is 6.29. The topological polar surface area (TPSA) is 100 Å². The van der Waals surface area contributed by atoms with Gasteiger partial charge < -0.3 is 10.7 Å². The fourth-order valence-electron chi connectivity index (χ4n) is 2.80. The molecule has 1 aliphatic rings. The summed E-state index contributed by atoms with van der Waals surface area (Å²) in [7, 11) is 0. The fourth-order valence-corrected chi connectivity index (χ4v) is 2.99. The maximum absolute atomic E-state index is 11.7. The molecular weight excluding hydrogens is 314 g/mol. The van der Waals surface area contributed by atoms with Crippen LogP contribution < -0.4 is 5.73 Å². The first-order chi connectivity index (χ1) is 11.1. The van der Waals surface area contributed by atoms with E-state index >= 15 is 0 Å². The lowest BCUT2D eigenvalue weighted by Crippen LogP contribution is -2.11. The highest BCUT2D eigenvalue weighted by Crippen LogP contribution is 2.39. The van der Waals surface area contributed by atoms with Crippen molar-refractivity contribution in [1.29, 1.82) is 5.26 Å². The van der Waals surface area contributed by atoms with Crippen LogP contribution in [-0.4, -0.2) is 20.7 Å². The summed E-state index contributed by atoms with van der Waals surface area (Å²) < 4.78 is 1.90. The van der Waals surface area contributed by atoms with E-state index in [0.717, 1.165) is 29.6 Å². The largest absolute Gasteiger partial charge is 0.366 e. The average Bonchev–Trinajstić information content (AvgIpc) is 3.16. The van der Waals surface area contributed by atoms with Gasteiger partial charge in [-0.05, 0) is 31.0 Å². The summed E-state index contributed by atoms with van der Waals surface area (Å²) >= 11 is 6.05. The van der Waals surface area contributed by atoms with E-state index < -0.39 is 5.91 Å². The quantitative estimate of drug-likeness (QED) is 0.774. The second-order valence-electron chi connectivity index (χ2n) is 5.68. The maximum Gasteiger partial charge on any atom is 0.250 e. The number of nitrogens with one attached hydrogen (secondary N) is 1. The van der Waals surface area contributed by atoms with Crippen LogP contribution >= 0.6 is 11.6 Å². The second-order valence-corrected chi connectivity index (χ2v) is 6.06. The number of hydrogen-bond donors (Lipinski definition) is 2. The number of aromatic nitrogens is 3. The van der Waals surface area contributed by atoms with Crippen molar-refractivity contribution in [2.24, 2.45) is 5.73 Å². The molecule has 0 saturated heterocycles. The van der Waals surface area contributed by atoms with Crippen molar-refractivity contribution >= 4 is 28.4 Å². The molecule has 0 bridgehead atoms. The first kappa shape index (κ1) is 13.9. The van der Waals surface area contributed by atoms with Gasteiger partial charge in [-0.2, -0.15) is 10.4 Å². The predicted molar refractivity (Wildman–Crippen MR) is 86.0 cm³/mol. The van der Waals surface area contributed by atoms with Crippen molar-refractivity contribution in [1.82, 2.24) is 14.8 Å². The third kappa shape index (κ3) is 2.26. The number of benzene rings is 1. The second kappa shape index (κ2) is 4.86. The van der Waals surface area contributed by atoms with Gasteiger partial charge in [0.2, 0.25) is 0 Å². The molecule has 1 aliphatic carbocycles. The maximum atomic E-state index is 11.7. The molecule has 1 aromatic carbocycles. The van der Waals surface area contributed by atoms with Gasteiger partial charge in [-0.15, -0.1) is 0 Å². The molecule has 6 nitrogen and oxygen atoms in total. The predicted octanol–water partition coefficient (Wildman–Crippen LogP) is 2.99. The van der Waals surface area contributed by atoms with E-state index in [9.17, 15) is 4.79 Å². The molecule has 1 amide bonds. The minimum atomic E-state index is -0.575. The number of hydrogen-bond acceptors (Lipinski definition) is 3. The lowest BCUT2D eigenvalue weighted by atomic mass is 10.1. The third-order valence-corrected chi connectivity index (χ3v) is 4.18. The zero-order valence-electron chi connectivity index (χ0n) is 12.0. The molecule has 0 aliphatic heterocycles. The van der Waals surface area contributed by atoms with E-state index in [-0.39, 0.29) is 0 Å². The van der Waals surface area contributed by atoms with Crippen LogP contribution in [0.5, 0.6) is 0 Å². The number of nitrogens with two attached hydrogens (primary N) is 1. The summed E-state index contributed by atoms with van der Waals surface area (Å²) in [6.07, 6.45) is 2.16. The smallest absolute Gasteiger partial charge is 0.250 e. The number of nitriles is 1. The normalized spacial score (nSPS) is 14.1. The van der Waals surface area contributed by atoms with Crippen LogP contribution in [0.2, 0.25) is 5.15 Å². The lowest BCUT2D eigenvalue weighted by molar-refractivity contribution is 0.100. The molecule has 3 aromatic rings. The van der Waals surface area contributed by atoms with Crippen LogP contribution in [0.15, 0.2) is 24.3 Å². The monoisotopic (exact) mass is 325 g/mol. The molecule has 1 saturated carbocycles. The van der Waals surface area contributed by atoms with Gasteiger partial charge in [-0.25, -0.2) is 0 Å². The van der Waals surface area contributed by atoms with E-state index in [1.165, 1.54) is 6.07 Å². The molecular formula is C16H12ClN5O. The Morgan fingerprint density at radius 2 is 2.17 bits per heavy atom. The van der Waals surface area contributed by atoms with E-state index in [2.05, 4.69) is 10.1 Å². The first-order valence-electron chi connectivity index (χ1n) is 7.19. The Hall–Kier alpha value is -2.78. The van der Waals surface area contributed by atoms with Crippen LogP contribution in [0.25, 0.3) is 22.3 Å². The molecule has 114 valence electrons. The van der Waals surface area contributed by atoms with E-state index in [1.807, 2.05) is 16.8 Å². The Morgan fingerprint density at radius 1 is 1.39 bits per heavy atom. The van der Waals surface area contributed by atoms with Gasteiger partial charge >= 0.3 is 0 Å². The van der Waals surface area contributed by atoms with Gasteiger partial charge in [0, 0.05) is 11.5 Å². The number of primary amides is 1. The van der Waals surface area contributed by atoms with Crippen LogP contribution in [0.1, 0.15) is 34.8 Å². The van der Waals surface area contributed by atoms with Crippen LogP contribution in [0.4, 0.5) is 0 Å². The average molecular weight is 326 g/mol. The molecule has 0 spiro atoms. The standard InChI is InChI=1S/C16H12ClN5O/c17-14-6-13(22(21-14)10-1-2-10)12-5-9-3-8(7-18)4-11(16(19)23)15(9)20-12/h3-6,10,20H,1-2H2,(H2,19,23). The number of rotatable bonds is 3. The minimum Gasteiger partial charge on any atom is -0.366 e. The zero-order chi connectivity index (χ0) is 16.1. The Morgan fingerprint density at radius 3 is 2.83 bits per heavy atom. The number of halogens is 1. The number of carbonyl (C=O) groups is 1. The van der Waals surface area contributed by atoms with Crippen LogP contribution in [0, 0.1) is 11.3 Å². The van der Waals surface area contributed by atoms with E-state index in [1.54, 1.807) is 12.1 Å². The van der Waals surface area contributed by atoms with Crippen LogP contribution in [-0.2, 0) is 0 Å². The van der Waals surface area contributed by atoms with Crippen molar-refractivity contribution in [3.63, 3.8) is 0 Å². The first-order valence-corrected chi connectivity index (χ1v) is 7.56. The molecule has 1 fully saturated rings. The Bertz CT molecular complexity index is 990. The van der Waals surface area contributed by atoms with Gasteiger partial charge in [0.1, 0.15) is 0 Å². The van der Waals surface area contributed by atoms with Crippen molar-refractivity contribution in [3.05, 3.63) is 40.5 Å². The molecule has 7 heteroatoms. The molecule has 3 N–H and O–H groups in total. The van der Waals surface area contributed by atoms with Crippen molar-refractivity contribution in [3.8, 4) is 17.5 Å². The zero-order valence-corrected chi connectivity index (χ0v) is 12.8. The number of nitrogens with zero attached hydrogens (tertiary/aromatic N) is 3. The summed E-state index contributed by atoms with van der Waals surface area (Å²) in [6.45, 7) is 0. The molecule has 2 aromatic heterocycles. The van der Waals surface area contributed by atoms with Gasteiger partial charge in [-0.3, -0.25) is 9.48 Å². The van der Waals surface area contributed by atoms with Gasteiger partial charge in [0.15, 0.2) is 5.15 Å². The van der Waals surface area contributed by atoms with Gasteiger partial charge in [0.05, 0.1) is 40.1 Å². The number of amides is 1. The fraction of sp³-hybridized carbons (Fsp3) is 0.188. The Kier molecular flexibility index (Phi) is 2.93. The number of aromatic amines is 1. The molecule has 4 rings (SSSR count). The summed E-state index contributed by atoms with van der Waals surface area (Å²) in [5, 5.41) is 14.6. The van der Waals surface area contributed by atoms with Crippen LogP contribution in [0.3, 0.4) is 0 Å². The molecule has 23 heavy (non-hydrogen) atoms. The minimum absolute atomic E-state index is 0.300. The number of carbonyl (C=O) groups excluding carboxylic acids is 1. The van der Waals surface area contributed by atoms with Crippen molar-refractivity contribution in [2.45, 2.75) is 18.9 Å². The lowest BCUT2D eigenvalue weighted by Gasteiger charge is -2.03. The summed E-state index contributed by atoms with van der Waals surface area (Å²) in [6, 6.07) is 9.31. The van der Waals surface area contributed by atoms with Gasteiger partial charge in [-0.1, -0.05) is 11.6 Å². The highest BCUT2D eigenvalue weighted by atomic mass is 35.5. The molecule has 0 unspecified atom stereocenters. The van der Waals surface area contributed by atoms with Crippen molar-refractivity contribution in [2.75, 3.05) is 0 Å². The Labute approximate surface area is 136 Å². The molecule has 0 radical (unpaired) electrons. The summed E-state index contributed by atoms with van der Waals surface area (Å²) in [4.78, 5) is 14.9. The summed E-state index contributed by atoms with van der Waals surface area (Å²) in [5.41, 5.74) is 8.41. The summed E-state index contributed by atoms with van der Waals surface area (Å²) in [5.74, 6) is -0.575. The SMILES string of the molecule is N#Cc1cc(C(N)=O)c2[nH]c(-c3cc(Cl)nn3C3CC3)cc2c1. The van der Waals surface area contributed by atoms with Crippen molar-refractivity contribution < 1.29 is 4.79 Å². The molecule has 0 atom stereocenters. The Balaban J connectivity index is 1.94. The number of fused-ring (bicyclic) bond motifs is 1. The van der Waals surface area contributed by atoms with Gasteiger partial charge in [0.25, 0.3) is 5.91 Å². The third-order valence-electron chi connectivity index (χ3n) is 4.00. The van der Waals surface area contributed by atoms with E-state index in [4.69, 9.17) is 22.6 Å². The highest BCUT2D eigenvalue weighted by Gasteiger charge is 2.28. The number of H-pyrrole nitrogens is 1. The van der Waals surface area contributed by atoms with E-state index in [0.29, 0.717) is 27.8 Å². The molecule has 2 heterocycles.